The van der Waals surface area contributed by atoms with Crippen LogP contribution < -0.4 is 30.2 Å². The van der Waals surface area contributed by atoms with E-state index in [1.165, 1.54) is 50.5 Å². The molecule has 0 unspecified atom stereocenters. The van der Waals surface area contributed by atoms with Crippen molar-refractivity contribution in [3.8, 4) is 17.2 Å². The average molecular weight is 620 g/mol. The molecule has 1 aromatic heterocycles. The summed E-state index contributed by atoms with van der Waals surface area (Å²) in [5.74, 6) is 0.0438. The normalized spacial score (nSPS) is 10.9. The number of thioether (sulfide) groups is 1. The molecular weight excluding hydrogens is 590 g/mol. The molecule has 0 bridgehead atoms. The summed E-state index contributed by atoms with van der Waals surface area (Å²) >= 11 is 2.59. The van der Waals surface area contributed by atoms with Gasteiger partial charge in [0.05, 0.1) is 27.1 Å². The Hall–Kier alpha value is -4.88. The molecule has 1 heterocycles. The van der Waals surface area contributed by atoms with Gasteiger partial charge in [0.2, 0.25) is 16.8 Å². The number of ether oxygens (including phenoxy) is 3. The molecule has 4 rings (SSSR count). The van der Waals surface area contributed by atoms with Crippen molar-refractivity contribution < 1.29 is 28.6 Å². The zero-order chi connectivity index (χ0) is 30.8. The van der Waals surface area contributed by atoms with Gasteiger partial charge in [-0.3, -0.25) is 19.7 Å². The van der Waals surface area contributed by atoms with Gasteiger partial charge < -0.3 is 24.8 Å². The molecule has 0 saturated heterocycles. The fourth-order valence-corrected chi connectivity index (χ4v) is 5.17. The number of anilines is 2. The average Bonchev–Trinajstić information content (AvgIpc) is 3.43. The predicted molar refractivity (Wildman–Crippen MR) is 167 cm³/mol. The minimum absolute atomic E-state index is 0.0205. The van der Waals surface area contributed by atoms with E-state index in [4.69, 9.17) is 14.2 Å². The molecule has 4 aromatic rings. The van der Waals surface area contributed by atoms with E-state index in [0.29, 0.717) is 39.2 Å². The van der Waals surface area contributed by atoms with E-state index in [0.717, 1.165) is 9.90 Å². The van der Waals surface area contributed by atoms with Crippen molar-refractivity contribution in [2.45, 2.75) is 11.8 Å². The number of carbonyl (C=O) groups is 3. The van der Waals surface area contributed by atoms with E-state index in [1.807, 2.05) is 6.07 Å². The number of methoxy groups -OCH3 is 3. The van der Waals surface area contributed by atoms with Crippen LogP contribution in [0.15, 0.2) is 77.3 Å². The van der Waals surface area contributed by atoms with Gasteiger partial charge in [0.15, 0.2) is 11.5 Å². The Morgan fingerprint density at radius 3 is 2.23 bits per heavy atom. The number of amides is 3. The van der Waals surface area contributed by atoms with Crippen LogP contribution >= 0.6 is 23.1 Å². The molecule has 3 aromatic carbocycles. The Labute approximate surface area is 256 Å². The zero-order valence-electron chi connectivity index (χ0n) is 23.8. The molecule has 0 saturated carbocycles. The molecule has 0 radical (unpaired) electrons. The molecule has 0 aliphatic rings. The number of benzene rings is 3. The van der Waals surface area contributed by atoms with Crippen LogP contribution in [0.4, 0.5) is 10.8 Å². The van der Waals surface area contributed by atoms with Crippen molar-refractivity contribution >= 4 is 57.7 Å². The molecule has 0 fully saturated rings. The van der Waals surface area contributed by atoms with Crippen LogP contribution in [0.25, 0.3) is 6.08 Å². The molecule has 0 aliphatic heterocycles. The van der Waals surface area contributed by atoms with Crippen molar-refractivity contribution in [3.05, 3.63) is 88.6 Å². The monoisotopic (exact) mass is 619 g/mol. The van der Waals surface area contributed by atoms with E-state index in [-0.39, 0.29) is 17.4 Å². The van der Waals surface area contributed by atoms with E-state index < -0.39 is 11.8 Å². The number of hydrogen-bond acceptors (Lipinski definition) is 10. The lowest BCUT2D eigenvalue weighted by atomic mass is 10.1. The number of hydrogen-bond donors (Lipinski definition) is 3. The van der Waals surface area contributed by atoms with Crippen LogP contribution in [0.3, 0.4) is 0 Å². The van der Waals surface area contributed by atoms with Crippen molar-refractivity contribution in [2.24, 2.45) is 0 Å². The summed E-state index contributed by atoms with van der Waals surface area (Å²) in [5.41, 5.74) is 1.35. The van der Waals surface area contributed by atoms with Crippen LogP contribution in [0.2, 0.25) is 0 Å². The second kappa shape index (κ2) is 14.8. The maximum absolute atomic E-state index is 13.5. The van der Waals surface area contributed by atoms with Crippen molar-refractivity contribution in [1.29, 1.82) is 0 Å². The van der Waals surface area contributed by atoms with Crippen LogP contribution in [0.5, 0.6) is 17.2 Å². The summed E-state index contributed by atoms with van der Waals surface area (Å²) < 4.78 is 16.3. The van der Waals surface area contributed by atoms with Gasteiger partial charge in [0.1, 0.15) is 10.7 Å². The highest BCUT2D eigenvalue weighted by molar-refractivity contribution is 8.00. The second-order valence-electron chi connectivity index (χ2n) is 8.78. The number of nitrogens with one attached hydrogen (secondary N) is 3. The largest absolute Gasteiger partial charge is 0.493 e. The summed E-state index contributed by atoms with van der Waals surface area (Å²) in [6.45, 7) is 1.81. The van der Waals surface area contributed by atoms with Gasteiger partial charge in [-0.25, -0.2) is 0 Å². The smallest absolute Gasteiger partial charge is 0.272 e. The fraction of sp³-hybridized carbons (Fsp3) is 0.167. The molecule has 0 spiro atoms. The molecule has 3 amide bonds. The highest BCUT2D eigenvalue weighted by atomic mass is 32.2. The lowest BCUT2D eigenvalue weighted by molar-refractivity contribution is -0.114. The number of aryl methyl sites for hydroxylation is 1. The van der Waals surface area contributed by atoms with Crippen molar-refractivity contribution in [3.63, 3.8) is 0 Å². The van der Waals surface area contributed by atoms with Crippen molar-refractivity contribution in [1.82, 2.24) is 15.5 Å². The SMILES string of the molecule is COc1cc(/C=C(/NC(=O)c2ccccc2)C(=O)Nc2cccc(SCC(=O)Nc3nnc(C)s3)c2)cc(OC)c1OC. The molecule has 43 heavy (non-hydrogen) atoms. The highest BCUT2D eigenvalue weighted by Crippen LogP contribution is 2.38. The summed E-state index contributed by atoms with van der Waals surface area (Å²) in [4.78, 5) is 39.7. The Bertz CT molecular complexity index is 1620. The molecule has 222 valence electrons. The van der Waals surface area contributed by atoms with Gasteiger partial charge in [0.25, 0.3) is 11.8 Å². The molecule has 0 aliphatic carbocycles. The summed E-state index contributed by atoms with van der Waals surface area (Å²) in [5, 5.41) is 17.2. The lowest BCUT2D eigenvalue weighted by Crippen LogP contribution is -2.30. The van der Waals surface area contributed by atoms with Crippen LogP contribution in [0.1, 0.15) is 20.9 Å². The third-order valence-corrected chi connectivity index (χ3v) is 7.51. The van der Waals surface area contributed by atoms with Gasteiger partial charge in [-0.2, -0.15) is 0 Å². The molecule has 13 heteroatoms. The standard InChI is InChI=1S/C30H29N5O6S2/c1-18-34-35-30(43-18)33-26(36)17-42-22-12-8-11-21(16-22)31-29(38)23(32-28(37)20-9-6-5-7-10-20)13-19-14-24(39-2)27(41-4)25(15-19)40-3/h5-16H,17H2,1-4H3,(H,31,38)(H,32,37)(H,33,35,36)/b23-13+. The Balaban J connectivity index is 1.55. The number of carbonyl (C=O) groups excluding carboxylic acids is 3. The third-order valence-electron chi connectivity index (χ3n) is 5.76. The minimum atomic E-state index is -0.565. The number of aromatic nitrogens is 2. The third kappa shape index (κ3) is 8.56. The molecular formula is C30H29N5O6S2. The summed E-state index contributed by atoms with van der Waals surface area (Å²) in [6.07, 6.45) is 1.51. The topological polar surface area (TPSA) is 141 Å². The maximum atomic E-state index is 13.5. The van der Waals surface area contributed by atoms with Gasteiger partial charge in [-0.05, 0) is 61.0 Å². The number of nitrogens with zero attached hydrogens (tertiary/aromatic N) is 2. The first kappa shape index (κ1) is 31.1. The first-order valence-corrected chi connectivity index (χ1v) is 14.6. The van der Waals surface area contributed by atoms with Crippen LogP contribution in [0, 0.1) is 6.92 Å². The van der Waals surface area contributed by atoms with Crippen molar-refractivity contribution in [2.75, 3.05) is 37.7 Å². The molecule has 11 nitrogen and oxygen atoms in total. The maximum Gasteiger partial charge on any atom is 0.272 e. The summed E-state index contributed by atoms with van der Waals surface area (Å²) in [6, 6.07) is 18.9. The summed E-state index contributed by atoms with van der Waals surface area (Å²) in [7, 11) is 4.47. The molecule has 3 N–H and O–H groups in total. The first-order chi connectivity index (χ1) is 20.8. The Kier molecular flexibility index (Phi) is 10.7. The molecule has 0 atom stereocenters. The highest BCUT2D eigenvalue weighted by Gasteiger charge is 2.18. The van der Waals surface area contributed by atoms with E-state index in [2.05, 4.69) is 26.1 Å². The van der Waals surface area contributed by atoms with Crippen LogP contribution in [-0.4, -0.2) is 55.0 Å². The number of rotatable bonds is 12. The van der Waals surface area contributed by atoms with E-state index in [9.17, 15) is 14.4 Å². The van der Waals surface area contributed by atoms with Gasteiger partial charge >= 0.3 is 0 Å². The Morgan fingerprint density at radius 2 is 1.60 bits per heavy atom. The second-order valence-corrected chi connectivity index (χ2v) is 11.0. The van der Waals surface area contributed by atoms with E-state index >= 15 is 0 Å². The first-order valence-electron chi connectivity index (χ1n) is 12.8. The van der Waals surface area contributed by atoms with E-state index in [1.54, 1.807) is 67.6 Å². The fourth-order valence-electron chi connectivity index (χ4n) is 3.81. The predicted octanol–water partition coefficient (Wildman–Crippen LogP) is 5.01. The van der Waals surface area contributed by atoms with Gasteiger partial charge in [-0.15, -0.1) is 22.0 Å². The minimum Gasteiger partial charge on any atom is -0.493 e. The quantitative estimate of drug-likeness (QED) is 0.147. The lowest BCUT2D eigenvalue weighted by Gasteiger charge is -2.15. The van der Waals surface area contributed by atoms with Gasteiger partial charge in [-0.1, -0.05) is 35.6 Å². The Morgan fingerprint density at radius 1 is 0.884 bits per heavy atom. The van der Waals surface area contributed by atoms with Gasteiger partial charge in [0, 0.05) is 16.1 Å². The zero-order valence-corrected chi connectivity index (χ0v) is 25.4. The van der Waals surface area contributed by atoms with Crippen LogP contribution in [-0.2, 0) is 9.59 Å².